The highest BCUT2D eigenvalue weighted by Crippen LogP contribution is 2.32. The maximum Gasteiger partial charge on any atom is 0.254 e. The molecule has 0 N–H and O–H groups in total. The summed E-state index contributed by atoms with van der Waals surface area (Å²) >= 11 is 0. The van der Waals surface area contributed by atoms with E-state index in [1.54, 1.807) is 7.11 Å². The minimum atomic E-state index is -0.756. The second-order valence-electron chi connectivity index (χ2n) is 6.12. The van der Waals surface area contributed by atoms with Crippen LogP contribution in [0.5, 0.6) is 0 Å². The van der Waals surface area contributed by atoms with Crippen LogP contribution in [0.3, 0.4) is 0 Å². The van der Waals surface area contributed by atoms with Gasteiger partial charge in [0.25, 0.3) is 5.91 Å². The summed E-state index contributed by atoms with van der Waals surface area (Å²) in [6.07, 6.45) is 6.52. The third-order valence-electron chi connectivity index (χ3n) is 4.36. The number of carbonyl (C=O) groups is 1. The molecule has 4 heteroatoms. The second-order valence-corrected chi connectivity index (χ2v) is 6.12. The fraction of sp³-hybridized carbons (Fsp3) is 0.688. The number of likely N-dealkylation sites (tertiary alicyclic amines) is 1. The van der Waals surface area contributed by atoms with Crippen molar-refractivity contribution in [2.45, 2.75) is 51.2 Å². The molecule has 1 aliphatic heterocycles. The van der Waals surface area contributed by atoms with Gasteiger partial charge in [-0.3, -0.25) is 4.79 Å². The van der Waals surface area contributed by atoms with Crippen LogP contribution in [0.4, 0.5) is 0 Å². The van der Waals surface area contributed by atoms with Gasteiger partial charge in [-0.2, -0.15) is 0 Å². The first-order valence-corrected chi connectivity index (χ1v) is 7.45. The Bertz CT molecular complexity index is 465. The molecule has 20 heavy (non-hydrogen) atoms. The molecule has 112 valence electrons. The van der Waals surface area contributed by atoms with Crippen molar-refractivity contribution in [3.05, 3.63) is 24.0 Å². The van der Waals surface area contributed by atoms with Crippen LogP contribution in [0.1, 0.15) is 51.3 Å². The molecule has 0 aliphatic carbocycles. The topological polar surface area (TPSA) is 34.5 Å². The van der Waals surface area contributed by atoms with Crippen molar-refractivity contribution >= 4 is 5.91 Å². The Morgan fingerprint density at radius 2 is 2.10 bits per heavy atom. The summed E-state index contributed by atoms with van der Waals surface area (Å²) in [5, 5.41) is 0. The van der Waals surface area contributed by atoms with Gasteiger partial charge in [-0.05, 0) is 38.8 Å². The Hall–Kier alpha value is -1.29. The Kier molecular flexibility index (Phi) is 4.53. The zero-order valence-corrected chi connectivity index (χ0v) is 13.1. The minimum absolute atomic E-state index is 0.0908. The van der Waals surface area contributed by atoms with E-state index in [0.29, 0.717) is 0 Å². The van der Waals surface area contributed by atoms with Crippen molar-refractivity contribution in [3.63, 3.8) is 0 Å². The zero-order chi connectivity index (χ0) is 14.8. The average molecular weight is 278 g/mol. The quantitative estimate of drug-likeness (QED) is 0.852. The summed E-state index contributed by atoms with van der Waals surface area (Å²) in [6.45, 7) is 4.52. The van der Waals surface area contributed by atoms with E-state index in [0.717, 1.165) is 19.4 Å². The number of carbonyl (C=O) groups excluding carboxylic acids is 1. The highest BCUT2D eigenvalue weighted by molar-refractivity contribution is 5.84. The maximum absolute atomic E-state index is 12.8. The number of nitrogens with zero attached hydrogens (tertiary/aromatic N) is 2. The van der Waals surface area contributed by atoms with E-state index in [1.165, 1.54) is 18.5 Å². The molecule has 0 spiro atoms. The van der Waals surface area contributed by atoms with Crippen molar-refractivity contribution in [2.75, 3.05) is 13.7 Å². The monoisotopic (exact) mass is 278 g/mol. The predicted molar refractivity (Wildman–Crippen MR) is 79.4 cm³/mol. The highest BCUT2D eigenvalue weighted by Gasteiger charge is 2.37. The molecule has 2 heterocycles. The number of methoxy groups -OCH3 is 1. The predicted octanol–water partition coefficient (Wildman–Crippen LogP) is 2.89. The number of ether oxygens (including phenoxy) is 1. The first-order chi connectivity index (χ1) is 9.47. The van der Waals surface area contributed by atoms with Crippen molar-refractivity contribution in [1.82, 2.24) is 9.47 Å². The first kappa shape index (κ1) is 15.1. The van der Waals surface area contributed by atoms with Crippen LogP contribution in [-0.2, 0) is 16.6 Å². The molecule has 1 aromatic rings. The summed E-state index contributed by atoms with van der Waals surface area (Å²) in [7, 11) is 3.65. The van der Waals surface area contributed by atoms with E-state index >= 15 is 0 Å². The Morgan fingerprint density at radius 1 is 1.35 bits per heavy atom. The van der Waals surface area contributed by atoms with Crippen LogP contribution in [0.2, 0.25) is 0 Å². The molecule has 1 saturated heterocycles. The average Bonchev–Trinajstić information content (AvgIpc) is 2.72. The van der Waals surface area contributed by atoms with E-state index in [1.807, 2.05) is 38.1 Å². The molecule has 1 unspecified atom stereocenters. The van der Waals surface area contributed by atoms with E-state index < -0.39 is 5.60 Å². The summed E-state index contributed by atoms with van der Waals surface area (Å²) in [5.74, 6) is 0.0908. The van der Waals surface area contributed by atoms with Crippen LogP contribution < -0.4 is 0 Å². The van der Waals surface area contributed by atoms with Crippen molar-refractivity contribution in [1.29, 1.82) is 0 Å². The fourth-order valence-corrected chi connectivity index (χ4v) is 2.91. The number of hydrogen-bond donors (Lipinski definition) is 0. The van der Waals surface area contributed by atoms with Crippen LogP contribution in [0, 0.1) is 0 Å². The molecular weight excluding hydrogens is 252 g/mol. The SMILES string of the molecule is COC(C)(C)C(=O)N1CCCCCC1c1cccn1C. The highest BCUT2D eigenvalue weighted by atomic mass is 16.5. The molecule has 4 nitrogen and oxygen atoms in total. The lowest BCUT2D eigenvalue weighted by Gasteiger charge is -2.36. The zero-order valence-electron chi connectivity index (χ0n) is 13.1. The smallest absolute Gasteiger partial charge is 0.254 e. The summed E-state index contributed by atoms with van der Waals surface area (Å²) < 4.78 is 7.51. The van der Waals surface area contributed by atoms with Gasteiger partial charge >= 0.3 is 0 Å². The van der Waals surface area contributed by atoms with E-state index in [9.17, 15) is 4.79 Å². The molecular formula is C16H26N2O2. The summed E-state index contributed by atoms with van der Waals surface area (Å²) in [4.78, 5) is 14.8. The summed E-state index contributed by atoms with van der Waals surface area (Å²) in [6, 6.07) is 4.33. The van der Waals surface area contributed by atoms with Gasteiger partial charge in [-0.15, -0.1) is 0 Å². The normalized spacial score (nSPS) is 20.8. The minimum Gasteiger partial charge on any atom is -0.369 e. The van der Waals surface area contributed by atoms with E-state index in [4.69, 9.17) is 4.74 Å². The Balaban J connectivity index is 2.31. The van der Waals surface area contributed by atoms with Gasteiger partial charge in [0.05, 0.1) is 6.04 Å². The standard InChI is InChI=1S/C16H26N2O2/c1-16(2,20-4)15(19)18-12-7-5-6-9-14(18)13-10-8-11-17(13)3/h8,10-11,14H,5-7,9,12H2,1-4H3. The largest absolute Gasteiger partial charge is 0.369 e. The maximum atomic E-state index is 12.8. The molecule has 1 aromatic heterocycles. The van der Waals surface area contributed by atoms with E-state index in [2.05, 4.69) is 10.6 Å². The Morgan fingerprint density at radius 3 is 2.70 bits per heavy atom. The van der Waals surface area contributed by atoms with Gasteiger partial charge in [-0.25, -0.2) is 0 Å². The lowest BCUT2D eigenvalue weighted by molar-refractivity contribution is -0.153. The third kappa shape index (κ3) is 2.90. The molecule has 1 amide bonds. The summed E-state index contributed by atoms with van der Waals surface area (Å²) in [5.41, 5.74) is 0.459. The number of aryl methyl sites for hydroxylation is 1. The van der Waals surface area contributed by atoms with Crippen LogP contribution in [-0.4, -0.2) is 34.6 Å². The van der Waals surface area contributed by atoms with E-state index in [-0.39, 0.29) is 11.9 Å². The number of hydrogen-bond acceptors (Lipinski definition) is 2. The lowest BCUT2D eigenvalue weighted by atomic mass is 10.0. The fourth-order valence-electron chi connectivity index (χ4n) is 2.91. The molecule has 1 atom stereocenters. The molecule has 2 rings (SSSR count). The van der Waals surface area contributed by atoms with Gasteiger partial charge in [-0.1, -0.05) is 12.8 Å². The van der Waals surface area contributed by atoms with Crippen LogP contribution >= 0.6 is 0 Å². The third-order valence-corrected chi connectivity index (χ3v) is 4.36. The molecule has 0 saturated carbocycles. The van der Waals surface area contributed by atoms with Crippen molar-refractivity contribution < 1.29 is 9.53 Å². The van der Waals surface area contributed by atoms with Crippen molar-refractivity contribution in [2.24, 2.45) is 7.05 Å². The number of rotatable bonds is 3. The number of aromatic nitrogens is 1. The van der Waals surface area contributed by atoms with Crippen LogP contribution in [0.25, 0.3) is 0 Å². The van der Waals surface area contributed by atoms with Gasteiger partial charge < -0.3 is 14.2 Å². The second kappa shape index (κ2) is 6.00. The van der Waals surface area contributed by atoms with Crippen molar-refractivity contribution in [3.8, 4) is 0 Å². The van der Waals surface area contributed by atoms with Gasteiger partial charge in [0.1, 0.15) is 5.60 Å². The first-order valence-electron chi connectivity index (χ1n) is 7.45. The Labute approximate surface area is 121 Å². The molecule has 0 bridgehead atoms. The van der Waals surface area contributed by atoms with Gasteiger partial charge in [0.2, 0.25) is 0 Å². The molecule has 1 aliphatic rings. The number of amides is 1. The molecule has 0 aromatic carbocycles. The molecule has 1 fully saturated rings. The van der Waals surface area contributed by atoms with Gasteiger partial charge in [0.15, 0.2) is 0 Å². The van der Waals surface area contributed by atoms with Crippen LogP contribution in [0.15, 0.2) is 18.3 Å². The van der Waals surface area contributed by atoms with Gasteiger partial charge in [0, 0.05) is 32.6 Å². The lowest BCUT2D eigenvalue weighted by Crippen LogP contribution is -2.48. The molecule has 0 radical (unpaired) electrons.